The highest BCUT2D eigenvalue weighted by Crippen LogP contribution is 2.65. The van der Waals surface area contributed by atoms with Crippen molar-refractivity contribution in [1.82, 2.24) is 15.5 Å². The van der Waals surface area contributed by atoms with E-state index in [9.17, 15) is 14.4 Å². The van der Waals surface area contributed by atoms with Gasteiger partial charge in [-0.25, -0.2) is 0 Å². The lowest BCUT2D eigenvalue weighted by Crippen LogP contribution is -2.63. The lowest BCUT2D eigenvalue weighted by Gasteiger charge is -2.46. The summed E-state index contributed by atoms with van der Waals surface area (Å²) in [4.78, 5) is 42.6. The van der Waals surface area contributed by atoms with E-state index in [1.165, 1.54) is 19.3 Å². The summed E-state index contributed by atoms with van der Waals surface area (Å²) < 4.78 is 6.21. The number of hydrogen-bond donors (Lipinski definition) is 3. The zero-order valence-corrected chi connectivity index (χ0v) is 23.8. The molecule has 0 radical (unpaired) electrons. The summed E-state index contributed by atoms with van der Waals surface area (Å²) in [6.07, 6.45) is 12.1. The molecule has 0 aromatic carbocycles. The Balaban J connectivity index is 1.28. The number of nitrogens with zero attached hydrogens (tertiary/aromatic N) is 1. The van der Waals surface area contributed by atoms with E-state index in [1.807, 2.05) is 0 Å². The van der Waals surface area contributed by atoms with Gasteiger partial charge in [-0.1, -0.05) is 59.3 Å². The lowest BCUT2D eigenvalue weighted by molar-refractivity contribution is -0.153. The molecular weight excluding hydrogens is 480 g/mol. The molecule has 1 aliphatic heterocycles. The Kier molecular flexibility index (Phi) is 8.51. The largest absolute Gasteiger partial charge is 0.354 e. The maximum absolute atomic E-state index is 14.0. The third-order valence-corrected chi connectivity index (χ3v) is 10.7. The number of rotatable bonds is 11. The van der Waals surface area contributed by atoms with Gasteiger partial charge in [0.05, 0.1) is 12.1 Å². The standard InChI is InChI=1S/C30H50N4O4/c1-4-5-6-10-15-38-28(32-19-11-8-7-9-12-19)29(37)34-17-21-23(30(21,2)3)25(34)27(36)33-22-16-18-13-14-20(18)24(31)26(22)35/h18-25,28,32H,4-17,31H2,1-3H3,(H,33,36). The van der Waals surface area contributed by atoms with Gasteiger partial charge in [-0.2, -0.15) is 0 Å². The van der Waals surface area contributed by atoms with E-state index in [-0.39, 0.29) is 40.9 Å². The van der Waals surface area contributed by atoms with Crippen LogP contribution in [0.1, 0.15) is 97.8 Å². The number of ketones is 1. The summed E-state index contributed by atoms with van der Waals surface area (Å²) in [7, 11) is 0. The van der Waals surface area contributed by atoms with Gasteiger partial charge in [-0.15, -0.1) is 0 Å². The maximum atomic E-state index is 14.0. The molecule has 8 atom stereocenters. The molecule has 8 nitrogen and oxygen atoms in total. The second-order valence-electron chi connectivity index (χ2n) is 13.4. The first-order chi connectivity index (χ1) is 18.2. The van der Waals surface area contributed by atoms with Gasteiger partial charge in [0, 0.05) is 19.2 Å². The van der Waals surface area contributed by atoms with Crippen molar-refractivity contribution in [2.45, 2.75) is 128 Å². The molecule has 0 spiro atoms. The van der Waals surface area contributed by atoms with Crippen LogP contribution in [0, 0.1) is 29.1 Å². The van der Waals surface area contributed by atoms with Crippen molar-refractivity contribution in [3.8, 4) is 0 Å². The summed E-state index contributed by atoms with van der Waals surface area (Å²) >= 11 is 0. The molecule has 5 aliphatic rings. The van der Waals surface area contributed by atoms with Crippen LogP contribution in [0.2, 0.25) is 0 Å². The van der Waals surface area contributed by atoms with Crippen molar-refractivity contribution in [2.75, 3.05) is 13.2 Å². The van der Waals surface area contributed by atoms with Crippen LogP contribution >= 0.6 is 0 Å². The number of unbranched alkanes of at least 4 members (excludes halogenated alkanes) is 3. The van der Waals surface area contributed by atoms with Crippen LogP contribution in [0.3, 0.4) is 0 Å². The summed E-state index contributed by atoms with van der Waals surface area (Å²) in [5, 5.41) is 6.60. The molecule has 2 amide bonds. The Morgan fingerprint density at radius 2 is 1.87 bits per heavy atom. The Labute approximate surface area is 228 Å². The predicted molar refractivity (Wildman–Crippen MR) is 146 cm³/mol. The van der Waals surface area contributed by atoms with Gasteiger partial charge in [-0.3, -0.25) is 19.7 Å². The van der Waals surface area contributed by atoms with Crippen molar-refractivity contribution in [2.24, 2.45) is 34.8 Å². The number of piperidine rings is 1. The predicted octanol–water partition coefficient (Wildman–Crippen LogP) is 3.13. The van der Waals surface area contributed by atoms with Crippen LogP contribution in [0.4, 0.5) is 0 Å². The number of nitrogens with two attached hydrogens (primary N) is 1. The minimum absolute atomic E-state index is 0.0120. The monoisotopic (exact) mass is 530 g/mol. The van der Waals surface area contributed by atoms with Crippen LogP contribution < -0.4 is 16.4 Å². The first-order valence-corrected chi connectivity index (χ1v) is 15.5. The zero-order valence-electron chi connectivity index (χ0n) is 23.8. The Morgan fingerprint density at radius 3 is 2.55 bits per heavy atom. The van der Waals surface area contributed by atoms with Gasteiger partial charge in [-0.05, 0) is 67.6 Å². The molecule has 1 heterocycles. The van der Waals surface area contributed by atoms with Gasteiger partial charge >= 0.3 is 0 Å². The minimum Gasteiger partial charge on any atom is -0.354 e. The molecule has 8 unspecified atom stereocenters. The van der Waals surface area contributed by atoms with E-state index in [4.69, 9.17) is 10.5 Å². The first-order valence-electron chi connectivity index (χ1n) is 15.5. The fraction of sp³-hybridized carbons (Fsp3) is 0.900. The van der Waals surface area contributed by atoms with Crippen molar-refractivity contribution < 1.29 is 19.1 Å². The third kappa shape index (κ3) is 5.42. The number of carbonyl (C=O) groups excluding carboxylic acids is 3. The molecule has 8 heteroatoms. The van der Waals surface area contributed by atoms with E-state index < -0.39 is 24.4 Å². The van der Waals surface area contributed by atoms with Crippen LogP contribution in [0.15, 0.2) is 0 Å². The molecule has 5 rings (SSSR count). The minimum atomic E-state index is -0.726. The Morgan fingerprint density at radius 1 is 1.11 bits per heavy atom. The van der Waals surface area contributed by atoms with Crippen molar-refractivity contribution in [3.05, 3.63) is 0 Å². The number of ether oxygens (including phenoxy) is 1. The second kappa shape index (κ2) is 11.5. The average molecular weight is 531 g/mol. The van der Waals surface area contributed by atoms with Crippen molar-refractivity contribution in [3.63, 3.8) is 0 Å². The molecular formula is C30H50N4O4. The Hall–Kier alpha value is -1.51. The number of hydrogen-bond acceptors (Lipinski definition) is 6. The summed E-state index contributed by atoms with van der Waals surface area (Å²) in [5.74, 6) is 0.725. The van der Waals surface area contributed by atoms with Gasteiger partial charge in [0.2, 0.25) is 5.91 Å². The molecule has 1 saturated heterocycles. The SMILES string of the molecule is CCCCCCOC(NC1CCCCC1)C(=O)N1CC2C(C1C(=O)NC1CC3CCC3C(N)C1=O)C2(C)C. The van der Waals surface area contributed by atoms with Gasteiger partial charge in [0.1, 0.15) is 6.04 Å². The average Bonchev–Trinajstić information content (AvgIpc) is 3.21. The van der Waals surface area contributed by atoms with Crippen molar-refractivity contribution >= 4 is 17.6 Å². The first kappa shape index (κ1) is 28.0. The molecule has 4 N–H and O–H groups in total. The Bertz CT molecular complexity index is 887. The lowest BCUT2D eigenvalue weighted by atomic mass is 9.61. The molecule has 214 valence electrons. The molecule has 4 saturated carbocycles. The highest BCUT2D eigenvalue weighted by atomic mass is 16.5. The summed E-state index contributed by atoms with van der Waals surface area (Å²) in [6.45, 7) is 7.66. The van der Waals surface area contributed by atoms with Gasteiger partial charge in [0.15, 0.2) is 12.0 Å². The number of fused-ring (bicyclic) bond motifs is 2. The quantitative estimate of drug-likeness (QED) is 0.279. The molecule has 4 aliphatic carbocycles. The number of carbonyl (C=O) groups is 3. The molecule has 0 bridgehead atoms. The van der Waals surface area contributed by atoms with E-state index >= 15 is 0 Å². The van der Waals surface area contributed by atoms with E-state index in [2.05, 4.69) is 31.4 Å². The number of amides is 2. The summed E-state index contributed by atoms with van der Waals surface area (Å²) in [5.41, 5.74) is 6.26. The maximum Gasteiger partial charge on any atom is 0.267 e. The third-order valence-electron chi connectivity index (χ3n) is 10.7. The highest BCUT2D eigenvalue weighted by molar-refractivity contribution is 5.97. The van der Waals surface area contributed by atoms with Crippen LogP contribution in [0.5, 0.6) is 0 Å². The molecule has 5 fully saturated rings. The zero-order chi connectivity index (χ0) is 27.0. The molecule has 0 aromatic rings. The van der Waals surface area contributed by atoms with Gasteiger partial charge in [0.25, 0.3) is 5.91 Å². The number of nitrogens with one attached hydrogen (secondary N) is 2. The van der Waals surface area contributed by atoms with Crippen LogP contribution in [-0.4, -0.2) is 66.0 Å². The normalized spacial score (nSPS) is 36.7. The van der Waals surface area contributed by atoms with E-state index in [0.717, 1.165) is 51.4 Å². The van der Waals surface area contributed by atoms with E-state index in [1.54, 1.807) is 4.90 Å². The van der Waals surface area contributed by atoms with Crippen molar-refractivity contribution in [1.29, 1.82) is 0 Å². The van der Waals surface area contributed by atoms with E-state index in [0.29, 0.717) is 31.4 Å². The van der Waals surface area contributed by atoms with Crippen LogP contribution in [-0.2, 0) is 19.1 Å². The van der Waals surface area contributed by atoms with Crippen LogP contribution in [0.25, 0.3) is 0 Å². The summed E-state index contributed by atoms with van der Waals surface area (Å²) in [6, 6.07) is -1.32. The number of Topliss-reactive ketones (excluding diaryl/α,β-unsaturated/α-hetero) is 1. The fourth-order valence-electron chi connectivity index (χ4n) is 7.98. The van der Waals surface area contributed by atoms with Gasteiger partial charge < -0.3 is 20.7 Å². The fourth-order valence-corrected chi connectivity index (χ4v) is 7.98. The second-order valence-corrected chi connectivity index (χ2v) is 13.4. The molecule has 38 heavy (non-hydrogen) atoms. The number of likely N-dealkylation sites (tertiary alicyclic amines) is 1. The topological polar surface area (TPSA) is 114 Å². The highest BCUT2D eigenvalue weighted by Gasteiger charge is 2.69. The smallest absolute Gasteiger partial charge is 0.267 e. The molecule has 0 aromatic heterocycles.